The Kier molecular flexibility index (Phi) is 5.96. The van der Waals surface area contributed by atoms with Gasteiger partial charge in [-0.25, -0.2) is 0 Å². The number of methoxy groups -OCH3 is 2. The van der Waals surface area contributed by atoms with Crippen LogP contribution in [0.4, 0.5) is 11.4 Å². The number of amides is 2. The third-order valence-electron chi connectivity index (χ3n) is 4.25. The van der Waals surface area contributed by atoms with Crippen LogP contribution in [0, 0.1) is 0 Å². The van der Waals surface area contributed by atoms with Crippen LogP contribution in [0.25, 0.3) is 0 Å². The summed E-state index contributed by atoms with van der Waals surface area (Å²) in [5, 5.41) is 6.41. The van der Waals surface area contributed by atoms with Crippen molar-refractivity contribution in [1.82, 2.24) is 0 Å². The number of carbonyl (C=O) groups is 2. The Bertz CT molecular complexity index is 986. The van der Waals surface area contributed by atoms with Crippen LogP contribution >= 0.6 is 11.3 Å². The van der Waals surface area contributed by atoms with Crippen molar-refractivity contribution in [2.45, 2.75) is 0 Å². The van der Waals surface area contributed by atoms with Gasteiger partial charge in [0, 0.05) is 24.2 Å². The molecule has 0 radical (unpaired) electrons. The van der Waals surface area contributed by atoms with Gasteiger partial charge in [-0.1, -0.05) is 12.1 Å². The summed E-state index contributed by atoms with van der Waals surface area (Å²) in [6.07, 6.45) is 0. The molecule has 0 aliphatic heterocycles. The summed E-state index contributed by atoms with van der Waals surface area (Å²) in [6, 6.07) is 13.9. The van der Waals surface area contributed by atoms with Crippen molar-refractivity contribution in [3.05, 3.63) is 70.4 Å². The zero-order chi connectivity index (χ0) is 20.1. The average Bonchev–Trinajstić information content (AvgIpc) is 3.27. The molecule has 1 heterocycles. The molecule has 0 aliphatic carbocycles. The second kappa shape index (κ2) is 8.58. The first-order valence-electron chi connectivity index (χ1n) is 8.47. The second-order valence-corrected chi connectivity index (χ2v) is 6.70. The Morgan fingerprint density at radius 1 is 1.00 bits per heavy atom. The lowest BCUT2D eigenvalue weighted by molar-refractivity contribution is 0.0994. The second-order valence-electron chi connectivity index (χ2n) is 5.92. The number of nitrogens with zero attached hydrogens (tertiary/aromatic N) is 1. The molecular formula is C21H20N2O4S. The van der Waals surface area contributed by atoms with Gasteiger partial charge in [0.1, 0.15) is 0 Å². The topological polar surface area (TPSA) is 67.9 Å². The van der Waals surface area contributed by atoms with Gasteiger partial charge >= 0.3 is 0 Å². The third-order valence-corrected chi connectivity index (χ3v) is 4.93. The van der Waals surface area contributed by atoms with Crippen molar-refractivity contribution in [2.75, 3.05) is 31.5 Å². The molecule has 1 aromatic heterocycles. The number of carbonyl (C=O) groups excluding carboxylic acids is 2. The molecule has 7 heteroatoms. The molecule has 3 rings (SSSR count). The molecule has 6 nitrogen and oxygen atoms in total. The molecule has 0 saturated carbocycles. The van der Waals surface area contributed by atoms with E-state index in [9.17, 15) is 9.59 Å². The van der Waals surface area contributed by atoms with E-state index in [0.29, 0.717) is 34.0 Å². The van der Waals surface area contributed by atoms with E-state index in [0.717, 1.165) is 0 Å². The SMILES string of the molecule is COc1ccc(N(C)C(=O)c2ccccc2NC(=O)c2ccsc2)cc1OC. The summed E-state index contributed by atoms with van der Waals surface area (Å²) in [7, 11) is 4.76. The van der Waals surface area contributed by atoms with Crippen LogP contribution in [0.5, 0.6) is 11.5 Å². The highest BCUT2D eigenvalue weighted by Crippen LogP contribution is 2.32. The van der Waals surface area contributed by atoms with E-state index in [-0.39, 0.29) is 11.8 Å². The van der Waals surface area contributed by atoms with Gasteiger partial charge in [-0.2, -0.15) is 11.3 Å². The lowest BCUT2D eigenvalue weighted by Crippen LogP contribution is -2.27. The molecule has 0 aliphatic rings. The molecule has 0 fully saturated rings. The Balaban J connectivity index is 1.87. The van der Waals surface area contributed by atoms with Crippen molar-refractivity contribution >= 4 is 34.5 Å². The van der Waals surface area contributed by atoms with Crippen LogP contribution in [-0.2, 0) is 0 Å². The molecule has 0 atom stereocenters. The minimum Gasteiger partial charge on any atom is -0.493 e. The zero-order valence-corrected chi connectivity index (χ0v) is 16.6. The van der Waals surface area contributed by atoms with Crippen molar-refractivity contribution in [1.29, 1.82) is 0 Å². The van der Waals surface area contributed by atoms with Crippen molar-refractivity contribution < 1.29 is 19.1 Å². The fraction of sp³-hybridized carbons (Fsp3) is 0.143. The maximum atomic E-state index is 13.1. The van der Waals surface area contributed by atoms with Gasteiger partial charge in [-0.15, -0.1) is 0 Å². The first kappa shape index (κ1) is 19.4. The van der Waals surface area contributed by atoms with Gasteiger partial charge in [-0.3, -0.25) is 9.59 Å². The number of thiophene rings is 1. The monoisotopic (exact) mass is 396 g/mol. The molecular weight excluding hydrogens is 376 g/mol. The molecule has 2 amide bonds. The van der Waals surface area contributed by atoms with E-state index in [2.05, 4.69) is 5.32 Å². The summed E-state index contributed by atoms with van der Waals surface area (Å²) < 4.78 is 10.6. The molecule has 0 saturated heterocycles. The van der Waals surface area contributed by atoms with Crippen LogP contribution in [-0.4, -0.2) is 33.1 Å². The van der Waals surface area contributed by atoms with Gasteiger partial charge in [0.15, 0.2) is 11.5 Å². The number of anilines is 2. The number of hydrogen-bond donors (Lipinski definition) is 1. The molecule has 1 N–H and O–H groups in total. The van der Waals surface area contributed by atoms with E-state index in [1.807, 2.05) is 5.38 Å². The number of nitrogens with one attached hydrogen (secondary N) is 1. The number of ether oxygens (including phenoxy) is 2. The normalized spacial score (nSPS) is 10.2. The van der Waals surface area contributed by atoms with Crippen LogP contribution in [0.15, 0.2) is 59.3 Å². The van der Waals surface area contributed by atoms with E-state index in [1.165, 1.54) is 16.2 Å². The summed E-state index contributed by atoms with van der Waals surface area (Å²) in [5.41, 5.74) is 2.04. The minimum atomic E-state index is -0.256. The maximum absolute atomic E-state index is 13.1. The number of para-hydroxylation sites is 1. The smallest absolute Gasteiger partial charge is 0.260 e. The summed E-state index contributed by atoms with van der Waals surface area (Å²) in [5.74, 6) is 0.595. The Hall–Kier alpha value is -3.32. The highest BCUT2D eigenvalue weighted by Gasteiger charge is 2.19. The Morgan fingerprint density at radius 2 is 1.75 bits per heavy atom. The lowest BCUT2D eigenvalue weighted by atomic mass is 10.1. The predicted molar refractivity (Wildman–Crippen MR) is 111 cm³/mol. The van der Waals surface area contributed by atoms with E-state index < -0.39 is 0 Å². The Labute approximate surface area is 167 Å². The molecule has 144 valence electrons. The van der Waals surface area contributed by atoms with Gasteiger partial charge < -0.3 is 19.7 Å². The highest BCUT2D eigenvalue weighted by atomic mass is 32.1. The van der Waals surface area contributed by atoms with Crippen molar-refractivity contribution in [3.8, 4) is 11.5 Å². The van der Waals surface area contributed by atoms with Gasteiger partial charge in [0.05, 0.1) is 31.0 Å². The van der Waals surface area contributed by atoms with Crippen LogP contribution in [0.1, 0.15) is 20.7 Å². The molecule has 2 aromatic carbocycles. The van der Waals surface area contributed by atoms with E-state index in [4.69, 9.17) is 9.47 Å². The minimum absolute atomic E-state index is 0.254. The van der Waals surface area contributed by atoms with E-state index >= 15 is 0 Å². The third kappa shape index (κ3) is 3.99. The van der Waals surface area contributed by atoms with E-state index in [1.54, 1.807) is 75.2 Å². The van der Waals surface area contributed by atoms with Crippen LogP contribution < -0.4 is 19.7 Å². The summed E-state index contributed by atoms with van der Waals surface area (Å²) in [6.45, 7) is 0. The Morgan fingerprint density at radius 3 is 2.43 bits per heavy atom. The number of rotatable bonds is 6. The standard InChI is InChI=1S/C21H20N2O4S/c1-23(15-8-9-18(26-2)19(12-15)27-3)21(25)16-6-4-5-7-17(16)22-20(24)14-10-11-28-13-14/h4-13H,1-3H3,(H,22,24). The van der Waals surface area contributed by atoms with Gasteiger partial charge in [0.25, 0.3) is 11.8 Å². The quantitative estimate of drug-likeness (QED) is 0.675. The first-order chi connectivity index (χ1) is 13.5. The zero-order valence-electron chi connectivity index (χ0n) is 15.8. The van der Waals surface area contributed by atoms with Crippen LogP contribution in [0.3, 0.4) is 0 Å². The molecule has 3 aromatic rings. The molecule has 0 spiro atoms. The first-order valence-corrected chi connectivity index (χ1v) is 9.42. The maximum Gasteiger partial charge on any atom is 0.260 e. The fourth-order valence-electron chi connectivity index (χ4n) is 2.70. The van der Waals surface area contributed by atoms with Gasteiger partial charge in [-0.05, 0) is 35.7 Å². The van der Waals surface area contributed by atoms with Crippen molar-refractivity contribution in [3.63, 3.8) is 0 Å². The number of benzene rings is 2. The molecule has 0 unspecified atom stereocenters. The largest absolute Gasteiger partial charge is 0.493 e. The van der Waals surface area contributed by atoms with Gasteiger partial charge in [0.2, 0.25) is 0 Å². The highest BCUT2D eigenvalue weighted by molar-refractivity contribution is 7.08. The number of hydrogen-bond acceptors (Lipinski definition) is 5. The van der Waals surface area contributed by atoms with Crippen molar-refractivity contribution in [2.24, 2.45) is 0 Å². The average molecular weight is 396 g/mol. The fourth-order valence-corrected chi connectivity index (χ4v) is 3.33. The van der Waals surface area contributed by atoms with Crippen LogP contribution in [0.2, 0.25) is 0 Å². The molecule has 28 heavy (non-hydrogen) atoms. The summed E-state index contributed by atoms with van der Waals surface area (Å²) in [4.78, 5) is 27.0. The summed E-state index contributed by atoms with van der Waals surface area (Å²) >= 11 is 1.44. The molecule has 0 bridgehead atoms. The lowest BCUT2D eigenvalue weighted by Gasteiger charge is -2.20. The predicted octanol–water partition coefficient (Wildman–Crippen LogP) is 4.29.